The molecule has 0 saturated carbocycles. The van der Waals surface area contributed by atoms with Gasteiger partial charge in [0.15, 0.2) is 0 Å². The molecule has 42 heavy (non-hydrogen) atoms. The summed E-state index contributed by atoms with van der Waals surface area (Å²) in [4.78, 5) is 0. The van der Waals surface area contributed by atoms with E-state index in [-0.39, 0.29) is 0 Å². The second-order valence-corrected chi connectivity index (χ2v) is 12.5. The summed E-state index contributed by atoms with van der Waals surface area (Å²) in [7, 11) is 0. The van der Waals surface area contributed by atoms with Gasteiger partial charge in [-0.15, -0.1) is 0 Å². The largest absolute Gasteiger partial charge is 0.399 e. The third kappa shape index (κ3) is 10.1. The van der Waals surface area contributed by atoms with Crippen molar-refractivity contribution in [3.05, 3.63) is 129 Å². The molecule has 0 fully saturated rings. The zero-order chi connectivity index (χ0) is 29.7. The van der Waals surface area contributed by atoms with Crippen LogP contribution in [0.15, 0.2) is 84.9 Å². The highest BCUT2D eigenvalue weighted by Gasteiger charge is 2.11. The minimum Gasteiger partial charge on any atom is -0.399 e. The summed E-state index contributed by atoms with van der Waals surface area (Å²) in [5, 5.41) is 0. The molecule has 0 heterocycles. The van der Waals surface area contributed by atoms with Gasteiger partial charge < -0.3 is 11.5 Å². The number of rotatable bonds is 16. The van der Waals surface area contributed by atoms with Crippen LogP contribution in [0.5, 0.6) is 0 Å². The predicted molar refractivity (Wildman–Crippen MR) is 183 cm³/mol. The lowest BCUT2D eigenvalue weighted by molar-refractivity contribution is 0.399. The molecular formula is C40H52N2. The molecule has 0 amide bonds. The van der Waals surface area contributed by atoms with Crippen LogP contribution in [0, 0.1) is 19.8 Å². The van der Waals surface area contributed by atoms with Crippen LogP contribution in [0.2, 0.25) is 0 Å². The van der Waals surface area contributed by atoms with Crippen LogP contribution in [0.4, 0.5) is 11.4 Å². The smallest absolute Gasteiger partial charge is 0.0316 e. The number of nitrogen functional groups attached to an aromatic ring is 2. The van der Waals surface area contributed by atoms with Crippen molar-refractivity contribution < 1.29 is 0 Å². The SMILES string of the molecule is CCCCCCCC(CCc1ccc(Cc2ccc(N)cc2C)cc1)CCc1ccc(Cc2ccc(N)cc2C)cc1. The molecule has 0 unspecified atom stereocenters. The second kappa shape index (κ2) is 16.2. The highest BCUT2D eigenvalue weighted by Crippen LogP contribution is 2.25. The van der Waals surface area contributed by atoms with Crippen LogP contribution in [0.25, 0.3) is 0 Å². The topological polar surface area (TPSA) is 52.0 Å². The molecule has 2 nitrogen and oxygen atoms in total. The predicted octanol–water partition coefficient (Wildman–Crippen LogP) is 10.2. The Hall–Kier alpha value is -3.52. The summed E-state index contributed by atoms with van der Waals surface area (Å²) in [6, 6.07) is 31.2. The van der Waals surface area contributed by atoms with Crippen LogP contribution in [-0.4, -0.2) is 0 Å². The van der Waals surface area contributed by atoms with Gasteiger partial charge in [0, 0.05) is 11.4 Å². The summed E-state index contributed by atoms with van der Waals surface area (Å²) in [5.41, 5.74) is 24.5. The van der Waals surface area contributed by atoms with Crippen molar-refractivity contribution in [2.45, 2.75) is 97.8 Å². The third-order valence-corrected chi connectivity index (χ3v) is 8.97. The van der Waals surface area contributed by atoms with Crippen molar-refractivity contribution in [3.63, 3.8) is 0 Å². The summed E-state index contributed by atoms with van der Waals surface area (Å²) in [6.07, 6.45) is 15.0. The monoisotopic (exact) mass is 560 g/mol. The number of unbranched alkanes of at least 4 members (excludes halogenated alkanes) is 4. The molecule has 0 aliphatic heterocycles. The maximum Gasteiger partial charge on any atom is 0.0316 e. The summed E-state index contributed by atoms with van der Waals surface area (Å²) >= 11 is 0. The van der Waals surface area contributed by atoms with E-state index < -0.39 is 0 Å². The molecule has 0 aromatic heterocycles. The Labute approximate surface area is 255 Å². The van der Waals surface area contributed by atoms with E-state index in [9.17, 15) is 0 Å². The Kier molecular flexibility index (Phi) is 12.1. The van der Waals surface area contributed by atoms with Crippen molar-refractivity contribution in [1.29, 1.82) is 0 Å². The quantitative estimate of drug-likeness (QED) is 0.106. The highest BCUT2D eigenvalue weighted by atomic mass is 14.5. The minimum absolute atomic E-state index is 0.779. The molecule has 0 bridgehead atoms. The van der Waals surface area contributed by atoms with E-state index in [1.807, 2.05) is 12.1 Å². The van der Waals surface area contributed by atoms with Crippen LogP contribution in [-0.2, 0) is 25.7 Å². The molecule has 0 aliphatic rings. The number of anilines is 2. The molecule has 0 atom stereocenters. The molecule has 0 radical (unpaired) electrons. The number of nitrogens with two attached hydrogens (primary N) is 2. The lowest BCUT2D eigenvalue weighted by Gasteiger charge is -2.18. The van der Waals surface area contributed by atoms with Gasteiger partial charge in [-0.1, -0.05) is 106 Å². The van der Waals surface area contributed by atoms with E-state index in [0.717, 1.165) is 30.1 Å². The Balaban J connectivity index is 1.30. The van der Waals surface area contributed by atoms with E-state index in [2.05, 4.69) is 93.6 Å². The Morgan fingerprint density at radius 3 is 1.36 bits per heavy atom. The van der Waals surface area contributed by atoms with Gasteiger partial charge in [0.2, 0.25) is 0 Å². The van der Waals surface area contributed by atoms with Gasteiger partial charge >= 0.3 is 0 Å². The first-order valence-electron chi connectivity index (χ1n) is 16.2. The molecule has 0 aliphatic carbocycles. The van der Waals surface area contributed by atoms with E-state index in [1.54, 1.807) is 0 Å². The van der Waals surface area contributed by atoms with Gasteiger partial charge in [0.25, 0.3) is 0 Å². The molecule has 0 spiro atoms. The fraction of sp³-hybridized carbons (Fsp3) is 0.400. The van der Waals surface area contributed by atoms with Crippen molar-refractivity contribution in [2.24, 2.45) is 5.92 Å². The average Bonchev–Trinajstić information content (AvgIpc) is 2.98. The van der Waals surface area contributed by atoms with Crippen molar-refractivity contribution in [3.8, 4) is 0 Å². The van der Waals surface area contributed by atoms with E-state index >= 15 is 0 Å². The number of aryl methyl sites for hydroxylation is 4. The average molecular weight is 561 g/mol. The van der Waals surface area contributed by atoms with Crippen LogP contribution >= 0.6 is 0 Å². The number of hydrogen-bond donors (Lipinski definition) is 2. The zero-order valence-electron chi connectivity index (χ0n) is 26.3. The maximum absolute atomic E-state index is 5.94. The summed E-state index contributed by atoms with van der Waals surface area (Å²) in [6.45, 7) is 6.60. The molecule has 4 aromatic rings. The first-order valence-corrected chi connectivity index (χ1v) is 16.2. The molecule has 0 saturated heterocycles. The lowest BCUT2D eigenvalue weighted by Crippen LogP contribution is -2.05. The van der Waals surface area contributed by atoms with Gasteiger partial charge in [0.05, 0.1) is 0 Å². The fourth-order valence-corrected chi connectivity index (χ4v) is 6.13. The zero-order valence-corrected chi connectivity index (χ0v) is 26.3. The van der Waals surface area contributed by atoms with E-state index in [4.69, 9.17) is 11.5 Å². The fourth-order valence-electron chi connectivity index (χ4n) is 6.13. The van der Waals surface area contributed by atoms with Gasteiger partial charge in [-0.25, -0.2) is 0 Å². The summed E-state index contributed by atoms with van der Waals surface area (Å²) in [5.74, 6) is 0.779. The van der Waals surface area contributed by atoms with Crippen molar-refractivity contribution >= 4 is 11.4 Å². The number of hydrogen-bond acceptors (Lipinski definition) is 2. The summed E-state index contributed by atoms with van der Waals surface area (Å²) < 4.78 is 0. The highest BCUT2D eigenvalue weighted by molar-refractivity contribution is 5.46. The molecule has 222 valence electrons. The van der Waals surface area contributed by atoms with Crippen LogP contribution in [0.3, 0.4) is 0 Å². The van der Waals surface area contributed by atoms with Crippen LogP contribution < -0.4 is 11.5 Å². The van der Waals surface area contributed by atoms with Crippen LogP contribution in [0.1, 0.15) is 103 Å². The Morgan fingerprint density at radius 2 is 0.929 bits per heavy atom. The molecule has 4 N–H and O–H groups in total. The maximum atomic E-state index is 5.94. The Bertz CT molecular complexity index is 1270. The first-order chi connectivity index (χ1) is 20.4. The first kappa shape index (κ1) is 31.4. The molecule has 4 rings (SSSR count). The normalized spacial score (nSPS) is 11.3. The second-order valence-electron chi connectivity index (χ2n) is 12.5. The molecule has 2 heteroatoms. The Morgan fingerprint density at radius 1 is 0.500 bits per heavy atom. The minimum atomic E-state index is 0.779. The molecule has 4 aromatic carbocycles. The van der Waals surface area contributed by atoms with Gasteiger partial charge in [-0.2, -0.15) is 0 Å². The van der Waals surface area contributed by atoms with Gasteiger partial charge in [-0.05, 0) is 127 Å². The van der Waals surface area contributed by atoms with Gasteiger partial charge in [-0.3, -0.25) is 0 Å². The van der Waals surface area contributed by atoms with Crippen molar-refractivity contribution in [2.75, 3.05) is 11.5 Å². The third-order valence-electron chi connectivity index (χ3n) is 8.97. The van der Waals surface area contributed by atoms with E-state index in [1.165, 1.54) is 109 Å². The standard InChI is InChI=1S/C40H52N2/c1-4-5-6-7-8-9-32(10-12-33-14-18-35(19-15-33)28-37-22-24-39(41)26-30(37)2)11-13-34-16-20-36(21-17-34)29-38-23-25-40(42)27-31(38)3/h14-27,32H,4-13,28-29,41-42H2,1-3H3. The lowest BCUT2D eigenvalue weighted by atomic mass is 9.88. The van der Waals surface area contributed by atoms with Gasteiger partial charge in [0.1, 0.15) is 0 Å². The van der Waals surface area contributed by atoms with E-state index in [0.29, 0.717) is 0 Å². The number of benzene rings is 4. The van der Waals surface area contributed by atoms with Crippen molar-refractivity contribution in [1.82, 2.24) is 0 Å². The molecular weight excluding hydrogens is 508 g/mol.